The number of nitrogens with one attached hydrogen (secondary N) is 1. The van der Waals surface area contributed by atoms with Crippen LogP contribution >= 0.6 is 0 Å². The molecule has 1 heterocycles. The maximum absolute atomic E-state index is 11.5. The standard InChI is InChI=1S/C10H14N4O2/c1-3-14(5-4-11)7-9(15)12-10-6-8(2)13-16-10/h6H,3,5,7H2,1-2H3,(H,12,15). The Balaban J connectivity index is 2.44. The van der Waals surface area contributed by atoms with Crippen molar-refractivity contribution in [3.63, 3.8) is 0 Å². The van der Waals surface area contributed by atoms with Crippen LogP contribution in [-0.4, -0.2) is 35.6 Å². The first-order chi connectivity index (χ1) is 7.65. The molecule has 0 unspecified atom stereocenters. The number of carbonyl (C=O) groups excluding carboxylic acids is 1. The lowest BCUT2D eigenvalue weighted by molar-refractivity contribution is -0.117. The van der Waals surface area contributed by atoms with Gasteiger partial charge in [-0.1, -0.05) is 12.1 Å². The van der Waals surface area contributed by atoms with Crippen LogP contribution in [0.3, 0.4) is 0 Å². The van der Waals surface area contributed by atoms with E-state index in [4.69, 9.17) is 9.78 Å². The molecule has 16 heavy (non-hydrogen) atoms. The van der Waals surface area contributed by atoms with Gasteiger partial charge in [0.25, 0.3) is 0 Å². The van der Waals surface area contributed by atoms with Crippen LogP contribution in [-0.2, 0) is 4.79 Å². The van der Waals surface area contributed by atoms with Gasteiger partial charge in [0.05, 0.1) is 24.9 Å². The molecule has 1 rings (SSSR count). The summed E-state index contributed by atoms with van der Waals surface area (Å²) >= 11 is 0. The van der Waals surface area contributed by atoms with Gasteiger partial charge < -0.3 is 4.52 Å². The lowest BCUT2D eigenvalue weighted by Gasteiger charge is -2.14. The zero-order chi connectivity index (χ0) is 12.0. The lowest BCUT2D eigenvalue weighted by atomic mass is 10.4. The summed E-state index contributed by atoms with van der Waals surface area (Å²) in [6.45, 7) is 4.72. The maximum Gasteiger partial charge on any atom is 0.240 e. The zero-order valence-corrected chi connectivity index (χ0v) is 9.36. The molecule has 1 aromatic heterocycles. The molecule has 86 valence electrons. The highest BCUT2D eigenvalue weighted by molar-refractivity contribution is 5.90. The molecule has 1 amide bonds. The minimum atomic E-state index is -0.215. The van der Waals surface area contributed by atoms with Crippen molar-refractivity contribution in [2.24, 2.45) is 0 Å². The van der Waals surface area contributed by atoms with Crippen molar-refractivity contribution in [1.82, 2.24) is 10.1 Å². The smallest absolute Gasteiger partial charge is 0.240 e. The second-order valence-corrected chi connectivity index (χ2v) is 3.34. The molecular formula is C10H14N4O2. The largest absolute Gasteiger partial charge is 0.338 e. The summed E-state index contributed by atoms with van der Waals surface area (Å²) in [6, 6.07) is 3.64. The van der Waals surface area contributed by atoms with E-state index in [1.807, 2.05) is 13.0 Å². The molecule has 0 atom stereocenters. The molecule has 0 fully saturated rings. The van der Waals surface area contributed by atoms with Crippen molar-refractivity contribution in [3.05, 3.63) is 11.8 Å². The summed E-state index contributed by atoms with van der Waals surface area (Å²) in [6.07, 6.45) is 0. The SMILES string of the molecule is CCN(CC#N)CC(=O)Nc1cc(C)no1. The van der Waals surface area contributed by atoms with Crippen molar-refractivity contribution in [2.75, 3.05) is 25.0 Å². The Bertz CT molecular complexity index is 394. The quantitative estimate of drug-likeness (QED) is 0.744. The summed E-state index contributed by atoms with van der Waals surface area (Å²) in [5.74, 6) is 0.115. The van der Waals surface area contributed by atoms with Gasteiger partial charge in [0.2, 0.25) is 11.8 Å². The van der Waals surface area contributed by atoms with Crippen LogP contribution < -0.4 is 5.32 Å². The third kappa shape index (κ3) is 3.71. The van der Waals surface area contributed by atoms with Crippen LogP contribution in [0.25, 0.3) is 0 Å². The van der Waals surface area contributed by atoms with E-state index < -0.39 is 0 Å². The average Bonchev–Trinajstić information content (AvgIpc) is 2.63. The second-order valence-electron chi connectivity index (χ2n) is 3.34. The fourth-order valence-corrected chi connectivity index (χ4v) is 1.18. The van der Waals surface area contributed by atoms with Crippen molar-refractivity contribution in [1.29, 1.82) is 5.26 Å². The summed E-state index contributed by atoms with van der Waals surface area (Å²) in [5.41, 5.74) is 0.708. The highest BCUT2D eigenvalue weighted by Gasteiger charge is 2.10. The van der Waals surface area contributed by atoms with E-state index in [1.165, 1.54) is 0 Å². The molecule has 0 saturated carbocycles. The van der Waals surface area contributed by atoms with Gasteiger partial charge in [-0.2, -0.15) is 5.26 Å². The molecule has 0 aromatic carbocycles. The number of rotatable bonds is 5. The highest BCUT2D eigenvalue weighted by atomic mass is 16.5. The van der Waals surface area contributed by atoms with E-state index >= 15 is 0 Å². The van der Waals surface area contributed by atoms with E-state index in [0.29, 0.717) is 18.1 Å². The van der Waals surface area contributed by atoms with Crippen molar-refractivity contribution in [3.8, 4) is 6.07 Å². The topological polar surface area (TPSA) is 82.2 Å². The first-order valence-corrected chi connectivity index (χ1v) is 4.98. The van der Waals surface area contributed by atoms with Gasteiger partial charge in [-0.05, 0) is 13.5 Å². The molecule has 0 spiro atoms. The number of hydrogen-bond acceptors (Lipinski definition) is 5. The molecule has 0 aliphatic rings. The third-order valence-corrected chi connectivity index (χ3v) is 2.00. The number of nitrogens with zero attached hydrogens (tertiary/aromatic N) is 3. The third-order valence-electron chi connectivity index (χ3n) is 2.00. The minimum Gasteiger partial charge on any atom is -0.338 e. The fraction of sp³-hybridized carbons (Fsp3) is 0.500. The van der Waals surface area contributed by atoms with Gasteiger partial charge in [-0.15, -0.1) is 0 Å². The van der Waals surface area contributed by atoms with E-state index in [-0.39, 0.29) is 19.0 Å². The first-order valence-electron chi connectivity index (χ1n) is 4.98. The molecule has 0 saturated heterocycles. The maximum atomic E-state index is 11.5. The van der Waals surface area contributed by atoms with Crippen molar-refractivity contribution >= 4 is 11.8 Å². The van der Waals surface area contributed by atoms with Gasteiger partial charge in [-0.25, -0.2) is 0 Å². The Labute approximate surface area is 93.8 Å². The molecule has 6 heteroatoms. The van der Waals surface area contributed by atoms with E-state index in [0.717, 1.165) is 0 Å². The molecule has 0 bridgehead atoms. The number of amides is 1. The van der Waals surface area contributed by atoms with Gasteiger partial charge >= 0.3 is 0 Å². The van der Waals surface area contributed by atoms with Gasteiger partial charge in [0.1, 0.15) is 0 Å². The number of aryl methyl sites for hydroxylation is 1. The second kappa shape index (κ2) is 5.88. The van der Waals surface area contributed by atoms with Crippen LogP contribution in [0.4, 0.5) is 5.88 Å². The number of nitriles is 1. The van der Waals surface area contributed by atoms with Crippen molar-refractivity contribution < 1.29 is 9.32 Å². The number of carbonyl (C=O) groups is 1. The van der Waals surface area contributed by atoms with Crippen LogP contribution in [0.1, 0.15) is 12.6 Å². The Morgan fingerprint density at radius 1 is 1.75 bits per heavy atom. The number of aromatic nitrogens is 1. The predicted octanol–water partition coefficient (Wildman–Crippen LogP) is 0.767. The average molecular weight is 222 g/mol. The highest BCUT2D eigenvalue weighted by Crippen LogP contribution is 2.07. The first kappa shape index (κ1) is 12.2. The molecule has 6 nitrogen and oxygen atoms in total. The molecule has 0 aliphatic carbocycles. The van der Waals surface area contributed by atoms with Crippen LogP contribution in [0.15, 0.2) is 10.6 Å². The van der Waals surface area contributed by atoms with E-state index in [1.54, 1.807) is 17.9 Å². The molecule has 0 radical (unpaired) electrons. The van der Waals surface area contributed by atoms with Gasteiger partial charge in [0.15, 0.2) is 0 Å². The molecular weight excluding hydrogens is 208 g/mol. The zero-order valence-electron chi connectivity index (χ0n) is 9.36. The number of hydrogen-bond donors (Lipinski definition) is 1. The summed E-state index contributed by atoms with van der Waals surface area (Å²) in [7, 11) is 0. The molecule has 0 aliphatic heterocycles. The van der Waals surface area contributed by atoms with Crippen LogP contribution in [0.2, 0.25) is 0 Å². The molecule has 1 N–H and O–H groups in total. The number of anilines is 1. The lowest BCUT2D eigenvalue weighted by Crippen LogP contribution is -2.33. The van der Waals surface area contributed by atoms with E-state index in [2.05, 4.69) is 10.5 Å². The Morgan fingerprint density at radius 2 is 2.50 bits per heavy atom. The van der Waals surface area contributed by atoms with Gasteiger partial charge in [0, 0.05) is 6.07 Å². The minimum absolute atomic E-state index is 0.170. The predicted molar refractivity (Wildman–Crippen MR) is 57.6 cm³/mol. The monoisotopic (exact) mass is 222 g/mol. The van der Waals surface area contributed by atoms with Crippen LogP contribution in [0, 0.1) is 18.3 Å². The normalized spacial score (nSPS) is 10.1. The number of likely N-dealkylation sites (N-methyl/N-ethyl adjacent to an activating group) is 1. The van der Waals surface area contributed by atoms with E-state index in [9.17, 15) is 4.79 Å². The van der Waals surface area contributed by atoms with Crippen LogP contribution in [0.5, 0.6) is 0 Å². The Hall–Kier alpha value is -1.87. The van der Waals surface area contributed by atoms with Gasteiger partial charge in [-0.3, -0.25) is 15.0 Å². The molecule has 1 aromatic rings. The Kier molecular flexibility index (Phi) is 4.48. The Morgan fingerprint density at radius 3 is 3.00 bits per heavy atom. The summed E-state index contributed by atoms with van der Waals surface area (Å²) in [4.78, 5) is 13.2. The summed E-state index contributed by atoms with van der Waals surface area (Å²) < 4.78 is 4.84. The fourth-order valence-electron chi connectivity index (χ4n) is 1.18. The summed E-state index contributed by atoms with van der Waals surface area (Å²) in [5, 5.41) is 14.7. The van der Waals surface area contributed by atoms with Crippen molar-refractivity contribution in [2.45, 2.75) is 13.8 Å².